The minimum absolute atomic E-state index is 0.187. The van der Waals surface area contributed by atoms with Gasteiger partial charge in [-0.3, -0.25) is 4.79 Å². The molecule has 0 aliphatic heterocycles. The van der Waals surface area contributed by atoms with E-state index in [1.165, 1.54) is 6.92 Å². The van der Waals surface area contributed by atoms with Crippen molar-refractivity contribution in [1.29, 1.82) is 0 Å². The van der Waals surface area contributed by atoms with Crippen LogP contribution >= 0.6 is 27.5 Å². The smallest absolute Gasteiger partial charge is 0.152 e. The summed E-state index contributed by atoms with van der Waals surface area (Å²) in [4.78, 5) is 11.1. The molecule has 4 heteroatoms. The topological polar surface area (TPSA) is 17.1 Å². The molecule has 0 radical (unpaired) electrons. The molecule has 0 aromatic heterocycles. The van der Waals surface area contributed by atoms with Gasteiger partial charge in [0.25, 0.3) is 0 Å². The highest BCUT2D eigenvalue weighted by molar-refractivity contribution is 9.10. The summed E-state index contributed by atoms with van der Waals surface area (Å²) in [5, 5.41) is -0.781. The quantitative estimate of drug-likeness (QED) is 0.769. The van der Waals surface area contributed by atoms with Crippen molar-refractivity contribution in [2.24, 2.45) is 0 Å². The summed E-state index contributed by atoms with van der Waals surface area (Å²) in [6.45, 7) is 0.768. The third-order valence-corrected chi connectivity index (χ3v) is 3.11. The Morgan fingerprint density at radius 1 is 1.64 bits per heavy atom. The third kappa shape index (κ3) is 2.34. The maximum Gasteiger partial charge on any atom is 0.152 e. The van der Waals surface area contributed by atoms with Crippen LogP contribution in [0.1, 0.15) is 23.4 Å². The van der Waals surface area contributed by atoms with E-state index in [9.17, 15) is 9.18 Å². The highest BCUT2D eigenvalue weighted by Crippen LogP contribution is 2.32. The molecule has 1 aromatic carbocycles. The Morgan fingerprint density at radius 2 is 2.29 bits per heavy atom. The van der Waals surface area contributed by atoms with Gasteiger partial charge in [-0.25, -0.2) is 4.39 Å². The molecule has 14 heavy (non-hydrogen) atoms. The molecule has 1 aromatic rings. The van der Waals surface area contributed by atoms with Gasteiger partial charge in [0.2, 0.25) is 0 Å². The average Bonchev–Trinajstić information content (AvgIpc) is 2.16. The Hall–Kier alpha value is -0.410. The van der Waals surface area contributed by atoms with E-state index < -0.39 is 12.1 Å². The van der Waals surface area contributed by atoms with Crippen LogP contribution in [0.5, 0.6) is 0 Å². The van der Waals surface area contributed by atoms with Crippen molar-refractivity contribution in [2.75, 3.05) is 0 Å². The van der Waals surface area contributed by atoms with E-state index in [2.05, 4.69) is 15.9 Å². The molecule has 1 rings (SSSR count). The van der Waals surface area contributed by atoms with Crippen LogP contribution < -0.4 is 0 Å². The fraction of sp³-hybridized carbons (Fsp3) is 0.300. The molecule has 0 fully saturated rings. The third-order valence-electron chi connectivity index (χ3n) is 1.90. The second kappa shape index (κ2) is 4.89. The SMILES string of the molecule is CC(=O)C(Cl)c1c(Br)cccc1CF. The van der Waals surface area contributed by atoms with Gasteiger partial charge in [0.05, 0.1) is 0 Å². The first-order chi connectivity index (χ1) is 6.57. The van der Waals surface area contributed by atoms with E-state index in [1.54, 1.807) is 18.2 Å². The molecule has 0 bridgehead atoms. The predicted molar refractivity (Wildman–Crippen MR) is 58.2 cm³/mol. The van der Waals surface area contributed by atoms with Crippen molar-refractivity contribution in [3.8, 4) is 0 Å². The summed E-state index contributed by atoms with van der Waals surface area (Å²) in [6, 6.07) is 5.08. The predicted octanol–water partition coefficient (Wildman–Crippen LogP) is 3.79. The molecule has 0 N–H and O–H groups in total. The molecule has 1 unspecified atom stereocenters. The van der Waals surface area contributed by atoms with Crippen LogP contribution in [-0.2, 0) is 11.5 Å². The van der Waals surface area contributed by atoms with Gasteiger partial charge in [-0.1, -0.05) is 28.1 Å². The maximum absolute atomic E-state index is 12.6. The van der Waals surface area contributed by atoms with E-state index in [1.807, 2.05) is 0 Å². The molecule has 0 amide bonds. The Balaban J connectivity index is 3.23. The minimum Gasteiger partial charge on any atom is -0.298 e. The number of benzene rings is 1. The van der Waals surface area contributed by atoms with E-state index in [4.69, 9.17) is 11.6 Å². The van der Waals surface area contributed by atoms with Crippen molar-refractivity contribution >= 4 is 33.3 Å². The van der Waals surface area contributed by atoms with Crippen LogP contribution in [0.2, 0.25) is 0 Å². The van der Waals surface area contributed by atoms with E-state index in [0.29, 0.717) is 15.6 Å². The molecule has 0 heterocycles. The number of carbonyl (C=O) groups excluding carboxylic acids is 1. The van der Waals surface area contributed by atoms with Crippen molar-refractivity contribution in [3.05, 3.63) is 33.8 Å². The molecule has 1 atom stereocenters. The normalized spacial score (nSPS) is 12.6. The fourth-order valence-electron chi connectivity index (χ4n) is 1.19. The largest absolute Gasteiger partial charge is 0.298 e. The van der Waals surface area contributed by atoms with Crippen LogP contribution in [0.15, 0.2) is 22.7 Å². The lowest BCUT2D eigenvalue weighted by molar-refractivity contribution is -0.116. The number of hydrogen-bond acceptors (Lipinski definition) is 1. The molecule has 76 valence electrons. The number of rotatable bonds is 3. The van der Waals surface area contributed by atoms with Gasteiger partial charge in [0, 0.05) is 4.47 Å². The van der Waals surface area contributed by atoms with Crippen LogP contribution in [0, 0.1) is 0 Å². The Bertz CT molecular complexity index is 354. The molecule has 0 aliphatic rings. The number of halogens is 3. The number of carbonyl (C=O) groups is 1. The number of Topliss-reactive ketones (excluding diaryl/α,β-unsaturated/α-hetero) is 1. The van der Waals surface area contributed by atoms with E-state index >= 15 is 0 Å². The lowest BCUT2D eigenvalue weighted by atomic mass is 10.0. The Labute approximate surface area is 95.4 Å². The number of alkyl halides is 2. The summed E-state index contributed by atoms with van der Waals surface area (Å²) in [5.74, 6) is -0.187. The molecule has 0 spiro atoms. The van der Waals surface area contributed by atoms with Crippen molar-refractivity contribution in [3.63, 3.8) is 0 Å². The summed E-state index contributed by atoms with van der Waals surface area (Å²) >= 11 is 9.14. The molecule has 0 aliphatic carbocycles. The first-order valence-corrected chi connectivity index (χ1v) is 5.28. The summed E-state index contributed by atoms with van der Waals surface area (Å²) in [7, 11) is 0. The van der Waals surface area contributed by atoms with Crippen LogP contribution in [0.4, 0.5) is 4.39 Å². The molecule has 0 saturated heterocycles. The first-order valence-electron chi connectivity index (χ1n) is 4.05. The zero-order valence-electron chi connectivity index (χ0n) is 7.56. The summed E-state index contributed by atoms with van der Waals surface area (Å²) < 4.78 is 13.3. The van der Waals surface area contributed by atoms with E-state index in [0.717, 1.165) is 0 Å². The highest BCUT2D eigenvalue weighted by atomic mass is 79.9. The van der Waals surface area contributed by atoms with Crippen molar-refractivity contribution in [1.82, 2.24) is 0 Å². The molecular weight excluding hydrogens is 270 g/mol. The lowest BCUT2D eigenvalue weighted by Gasteiger charge is -2.12. The van der Waals surface area contributed by atoms with Crippen LogP contribution in [-0.4, -0.2) is 5.78 Å². The summed E-state index contributed by atoms with van der Waals surface area (Å²) in [5.41, 5.74) is 0.985. The van der Waals surface area contributed by atoms with Gasteiger partial charge in [0.1, 0.15) is 12.1 Å². The van der Waals surface area contributed by atoms with Crippen LogP contribution in [0.3, 0.4) is 0 Å². The zero-order chi connectivity index (χ0) is 10.7. The average molecular weight is 280 g/mol. The van der Waals surface area contributed by atoms with Crippen LogP contribution in [0.25, 0.3) is 0 Å². The molecule has 1 nitrogen and oxygen atoms in total. The molecule has 0 saturated carbocycles. The van der Waals surface area contributed by atoms with Gasteiger partial charge in [-0.05, 0) is 24.1 Å². The second-order valence-corrected chi connectivity index (χ2v) is 4.21. The van der Waals surface area contributed by atoms with Gasteiger partial charge in [-0.2, -0.15) is 0 Å². The number of ketones is 1. The highest BCUT2D eigenvalue weighted by Gasteiger charge is 2.19. The minimum atomic E-state index is -0.781. The summed E-state index contributed by atoms with van der Waals surface area (Å²) in [6.07, 6.45) is 0. The van der Waals surface area contributed by atoms with Crippen molar-refractivity contribution < 1.29 is 9.18 Å². The van der Waals surface area contributed by atoms with Crippen molar-refractivity contribution in [2.45, 2.75) is 19.0 Å². The Morgan fingerprint density at radius 3 is 2.79 bits per heavy atom. The number of hydrogen-bond donors (Lipinski definition) is 0. The lowest BCUT2D eigenvalue weighted by Crippen LogP contribution is -2.05. The fourth-order valence-corrected chi connectivity index (χ4v) is 2.21. The maximum atomic E-state index is 12.6. The standard InChI is InChI=1S/C10H9BrClFO/c1-6(14)10(12)9-7(5-13)3-2-4-8(9)11/h2-4,10H,5H2,1H3. The molecular formula is C10H9BrClFO. The van der Waals surface area contributed by atoms with Gasteiger partial charge < -0.3 is 0 Å². The zero-order valence-corrected chi connectivity index (χ0v) is 9.90. The van der Waals surface area contributed by atoms with Gasteiger partial charge >= 0.3 is 0 Å². The van der Waals surface area contributed by atoms with Gasteiger partial charge in [-0.15, -0.1) is 11.6 Å². The van der Waals surface area contributed by atoms with Gasteiger partial charge in [0.15, 0.2) is 5.78 Å². The Kier molecular flexibility index (Phi) is 4.08. The monoisotopic (exact) mass is 278 g/mol. The van der Waals surface area contributed by atoms with E-state index in [-0.39, 0.29) is 5.78 Å². The first kappa shape index (κ1) is 11.7. The second-order valence-electron chi connectivity index (χ2n) is 2.92.